The van der Waals surface area contributed by atoms with E-state index in [4.69, 9.17) is 0 Å². The van der Waals surface area contributed by atoms with Crippen molar-refractivity contribution in [2.24, 2.45) is 5.41 Å². The summed E-state index contributed by atoms with van der Waals surface area (Å²) in [5.41, 5.74) is 9.39. The van der Waals surface area contributed by atoms with Crippen molar-refractivity contribution in [2.75, 3.05) is 5.32 Å². The number of fused-ring (bicyclic) bond motifs is 4. The lowest BCUT2D eigenvalue weighted by molar-refractivity contribution is 0.157. The second-order valence-corrected chi connectivity index (χ2v) is 9.85. The predicted octanol–water partition coefficient (Wildman–Crippen LogP) is 5.29. The minimum Gasteiger partial charge on any atom is -0.393 e. The normalized spacial score (nSPS) is 30.6. The van der Waals surface area contributed by atoms with Crippen LogP contribution in [0.15, 0.2) is 35.5 Å². The van der Waals surface area contributed by atoms with Crippen molar-refractivity contribution in [3.05, 3.63) is 58.1 Å². The molecule has 2 aromatic rings. The summed E-state index contributed by atoms with van der Waals surface area (Å²) < 4.78 is 0. The summed E-state index contributed by atoms with van der Waals surface area (Å²) in [5, 5.41) is 13.8. The Hall–Kier alpha value is -2.20. The van der Waals surface area contributed by atoms with E-state index >= 15 is 0 Å². The molecule has 0 spiro atoms. The fourth-order valence-corrected chi connectivity index (χ4v) is 6.21. The maximum Gasteiger partial charge on any atom is 0.151 e. The Kier molecular flexibility index (Phi) is 4.15. The van der Waals surface area contributed by atoms with Crippen molar-refractivity contribution in [3.63, 3.8) is 0 Å². The van der Waals surface area contributed by atoms with Crippen LogP contribution in [0.5, 0.6) is 0 Å². The molecule has 4 heteroatoms. The Labute approximate surface area is 173 Å². The summed E-state index contributed by atoms with van der Waals surface area (Å²) in [7, 11) is 0. The van der Waals surface area contributed by atoms with Gasteiger partial charge >= 0.3 is 0 Å². The Balaban J connectivity index is 1.51. The molecule has 0 bridgehead atoms. The van der Waals surface area contributed by atoms with Gasteiger partial charge in [0.25, 0.3) is 0 Å². The summed E-state index contributed by atoms with van der Waals surface area (Å²) in [6.45, 7) is 8.77. The zero-order valence-electron chi connectivity index (χ0n) is 18.0. The average Bonchev–Trinajstić information content (AvgIpc) is 2.98. The molecule has 1 heterocycles. The van der Waals surface area contributed by atoms with Crippen LogP contribution >= 0.6 is 0 Å². The van der Waals surface area contributed by atoms with E-state index in [1.54, 1.807) is 11.1 Å². The van der Waals surface area contributed by atoms with Crippen LogP contribution in [0.4, 0.5) is 11.5 Å². The van der Waals surface area contributed by atoms with Crippen LogP contribution in [0.1, 0.15) is 68.5 Å². The number of allylic oxidation sites excluding steroid dienone is 1. The number of aliphatic hydroxyl groups is 1. The zero-order chi connectivity index (χ0) is 20.4. The number of hydrogen-bond acceptors (Lipinski definition) is 4. The van der Waals surface area contributed by atoms with E-state index in [1.165, 1.54) is 24.0 Å². The summed E-state index contributed by atoms with van der Waals surface area (Å²) in [4.78, 5) is 9.02. The van der Waals surface area contributed by atoms with E-state index in [-0.39, 0.29) is 16.9 Å². The van der Waals surface area contributed by atoms with E-state index in [0.717, 1.165) is 48.6 Å². The highest BCUT2D eigenvalue weighted by Crippen LogP contribution is 2.59. The highest BCUT2D eigenvalue weighted by atomic mass is 16.3. The van der Waals surface area contributed by atoms with E-state index in [1.807, 2.05) is 20.0 Å². The van der Waals surface area contributed by atoms with Gasteiger partial charge in [-0.1, -0.05) is 31.1 Å². The molecule has 0 saturated heterocycles. The third-order valence-electron chi connectivity index (χ3n) is 7.74. The Bertz CT molecular complexity index is 1030. The summed E-state index contributed by atoms with van der Waals surface area (Å²) >= 11 is 0. The van der Waals surface area contributed by atoms with Crippen LogP contribution in [-0.2, 0) is 11.8 Å². The molecule has 1 fully saturated rings. The quantitative estimate of drug-likeness (QED) is 0.685. The second-order valence-electron chi connectivity index (χ2n) is 9.85. The third-order valence-corrected chi connectivity index (χ3v) is 7.74. The molecule has 3 aliphatic rings. The molecule has 29 heavy (non-hydrogen) atoms. The van der Waals surface area contributed by atoms with Gasteiger partial charge in [-0.05, 0) is 81.0 Å². The number of rotatable bonds is 2. The Morgan fingerprint density at radius 1 is 1.10 bits per heavy atom. The SMILES string of the molecule is Cc1cnc(Nc2ccc3c(c2)CCC2=C4C[C@@H](O)C[C@]4(C)CC[C@]23C)c(C)n1. The van der Waals surface area contributed by atoms with Gasteiger partial charge in [0.2, 0.25) is 0 Å². The van der Waals surface area contributed by atoms with Crippen LogP contribution in [0.3, 0.4) is 0 Å². The number of nitrogens with one attached hydrogen (secondary N) is 1. The minimum atomic E-state index is -0.156. The maximum absolute atomic E-state index is 10.4. The van der Waals surface area contributed by atoms with Crippen molar-refractivity contribution in [1.82, 2.24) is 9.97 Å². The molecule has 0 amide bonds. The lowest BCUT2D eigenvalue weighted by Crippen LogP contribution is -2.38. The molecule has 1 aromatic heterocycles. The van der Waals surface area contributed by atoms with Gasteiger partial charge in [-0.15, -0.1) is 0 Å². The zero-order valence-corrected chi connectivity index (χ0v) is 18.0. The van der Waals surface area contributed by atoms with Gasteiger partial charge in [0.15, 0.2) is 5.82 Å². The molecule has 1 saturated carbocycles. The number of anilines is 2. The number of hydrogen-bond donors (Lipinski definition) is 2. The molecule has 5 rings (SSSR count). The second kappa shape index (κ2) is 6.40. The molecule has 1 aromatic carbocycles. The summed E-state index contributed by atoms with van der Waals surface area (Å²) in [6, 6.07) is 6.82. The van der Waals surface area contributed by atoms with Crippen LogP contribution in [0, 0.1) is 19.3 Å². The van der Waals surface area contributed by atoms with Gasteiger partial charge in [-0.3, -0.25) is 4.98 Å². The first kappa shape index (κ1) is 18.8. The highest BCUT2D eigenvalue weighted by molar-refractivity contribution is 5.62. The van der Waals surface area contributed by atoms with E-state index in [0.29, 0.717) is 0 Å². The lowest BCUT2D eigenvalue weighted by atomic mass is 9.56. The molecule has 3 atom stereocenters. The molecule has 4 nitrogen and oxygen atoms in total. The van der Waals surface area contributed by atoms with Crippen molar-refractivity contribution in [3.8, 4) is 0 Å². The number of aryl methyl sites for hydroxylation is 3. The molecule has 152 valence electrons. The topological polar surface area (TPSA) is 58.0 Å². The Morgan fingerprint density at radius 3 is 2.72 bits per heavy atom. The molecular weight excluding hydrogens is 358 g/mol. The summed E-state index contributed by atoms with van der Waals surface area (Å²) in [6.07, 6.45) is 8.02. The van der Waals surface area contributed by atoms with Gasteiger partial charge in [-0.25, -0.2) is 4.98 Å². The smallest absolute Gasteiger partial charge is 0.151 e. The van der Waals surface area contributed by atoms with E-state index in [2.05, 4.69) is 47.3 Å². The Morgan fingerprint density at radius 2 is 1.93 bits per heavy atom. The number of benzene rings is 1. The van der Waals surface area contributed by atoms with Gasteiger partial charge in [0.1, 0.15) is 0 Å². The number of nitrogens with zero attached hydrogens (tertiary/aromatic N) is 2. The lowest BCUT2D eigenvalue weighted by Gasteiger charge is -2.48. The van der Waals surface area contributed by atoms with Crippen LogP contribution in [0.2, 0.25) is 0 Å². The van der Waals surface area contributed by atoms with Gasteiger partial charge in [0.05, 0.1) is 23.7 Å². The first-order chi connectivity index (χ1) is 13.8. The molecular formula is C25H31N3O. The first-order valence-electron chi connectivity index (χ1n) is 10.9. The van der Waals surface area contributed by atoms with E-state index in [9.17, 15) is 5.11 Å². The number of aliphatic hydroxyl groups excluding tert-OH is 1. The highest BCUT2D eigenvalue weighted by Gasteiger charge is 2.50. The van der Waals surface area contributed by atoms with Gasteiger partial charge < -0.3 is 10.4 Å². The first-order valence-corrected chi connectivity index (χ1v) is 10.9. The average molecular weight is 390 g/mol. The molecule has 2 N–H and O–H groups in total. The fourth-order valence-electron chi connectivity index (χ4n) is 6.21. The standard InChI is InChI=1S/C25H31N3O/c1-15-14-26-23(16(2)27-15)28-18-6-8-20-17(11-18)5-7-21-22-12-19(29)13-24(22,3)9-10-25(20,21)4/h6,8,11,14,19,29H,5,7,9-10,12-13H2,1-4H3,(H,26,28)/t19-,24+,25+/m1/s1. The third kappa shape index (κ3) is 2.92. The molecule has 0 aliphatic heterocycles. The van der Waals surface area contributed by atoms with Gasteiger partial charge in [0, 0.05) is 11.1 Å². The number of aromatic nitrogens is 2. The fraction of sp³-hybridized carbons (Fsp3) is 0.520. The molecule has 3 aliphatic carbocycles. The predicted molar refractivity (Wildman–Crippen MR) is 117 cm³/mol. The molecule has 0 radical (unpaired) electrons. The monoisotopic (exact) mass is 389 g/mol. The van der Waals surface area contributed by atoms with Crippen molar-refractivity contribution >= 4 is 11.5 Å². The summed E-state index contributed by atoms with van der Waals surface area (Å²) in [5.74, 6) is 0.828. The van der Waals surface area contributed by atoms with Gasteiger partial charge in [-0.2, -0.15) is 0 Å². The van der Waals surface area contributed by atoms with Crippen LogP contribution in [-0.4, -0.2) is 21.2 Å². The maximum atomic E-state index is 10.4. The van der Waals surface area contributed by atoms with Crippen LogP contribution < -0.4 is 5.32 Å². The largest absolute Gasteiger partial charge is 0.393 e. The van der Waals surface area contributed by atoms with E-state index < -0.39 is 0 Å². The van der Waals surface area contributed by atoms with Crippen molar-refractivity contribution in [1.29, 1.82) is 0 Å². The van der Waals surface area contributed by atoms with Crippen LogP contribution in [0.25, 0.3) is 0 Å². The molecule has 0 unspecified atom stereocenters. The minimum absolute atomic E-state index is 0.116. The van der Waals surface area contributed by atoms with Crippen molar-refractivity contribution in [2.45, 2.75) is 77.7 Å². The van der Waals surface area contributed by atoms with Crippen molar-refractivity contribution < 1.29 is 5.11 Å².